The smallest absolute Gasteiger partial charge is 0.226 e. The second kappa shape index (κ2) is 3.42. The molecule has 1 fully saturated rings. The van der Waals surface area contributed by atoms with Crippen molar-refractivity contribution in [2.24, 2.45) is 5.92 Å². The lowest BCUT2D eigenvalue weighted by Crippen LogP contribution is -2.35. The average molecular weight is 233 g/mol. The van der Waals surface area contributed by atoms with E-state index in [9.17, 15) is 9.59 Å². The van der Waals surface area contributed by atoms with Crippen LogP contribution >= 0.6 is 0 Å². The van der Waals surface area contributed by atoms with Crippen molar-refractivity contribution in [2.45, 2.75) is 38.0 Å². The highest BCUT2D eigenvalue weighted by Gasteiger charge is 2.47. The SMILES string of the molecule is Cc1[nH]nc2c1C1(CCC(C=O)C1)CC(=O)N2. The third-order valence-electron chi connectivity index (χ3n) is 4.07. The van der Waals surface area contributed by atoms with Gasteiger partial charge in [-0.1, -0.05) is 0 Å². The maximum absolute atomic E-state index is 11.7. The van der Waals surface area contributed by atoms with Gasteiger partial charge in [-0.15, -0.1) is 0 Å². The lowest BCUT2D eigenvalue weighted by Gasteiger charge is -2.33. The number of hydrogen-bond acceptors (Lipinski definition) is 3. The molecule has 2 heterocycles. The molecule has 5 heteroatoms. The summed E-state index contributed by atoms with van der Waals surface area (Å²) in [6, 6.07) is 0. The van der Waals surface area contributed by atoms with E-state index in [4.69, 9.17) is 0 Å². The van der Waals surface area contributed by atoms with Crippen LogP contribution in [0.15, 0.2) is 0 Å². The number of aryl methyl sites for hydroxylation is 1. The van der Waals surface area contributed by atoms with Gasteiger partial charge in [0.25, 0.3) is 0 Å². The second-order valence-corrected chi connectivity index (χ2v) is 5.22. The van der Waals surface area contributed by atoms with Crippen LogP contribution in [0.4, 0.5) is 5.82 Å². The lowest BCUT2D eigenvalue weighted by molar-refractivity contribution is -0.118. The summed E-state index contributed by atoms with van der Waals surface area (Å²) in [7, 11) is 0. The van der Waals surface area contributed by atoms with E-state index >= 15 is 0 Å². The highest BCUT2D eigenvalue weighted by Crippen LogP contribution is 2.51. The molecule has 2 atom stereocenters. The molecule has 2 aliphatic rings. The Morgan fingerprint density at radius 1 is 1.53 bits per heavy atom. The maximum atomic E-state index is 11.7. The van der Waals surface area contributed by atoms with Gasteiger partial charge < -0.3 is 10.1 Å². The number of nitrogens with zero attached hydrogens (tertiary/aromatic N) is 1. The van der Waals surface area contributed by atoms with Crippen LogP contribution in [0.3, 0.4) is 0 Å². The predicted octanol–water partition coefficient (Wildman–Crippen LogP) is 1.30. The molecule has 1 spiro atoms. The molecule has 1 saturated carbocycles. The van der Waals surface area contributed by atoms with Crippen molar-refractivity contribution in [1.29, 1.82) is 0 Å². The fraction of sp³-hybridized carbons (Fsp3) is 0.583. The summed E-state index contributed by atoms with van der Waals surface area (Å²) in [5.41, 5.74) is 1.95. The number of aromatic amines is 1. The molecule has 1 aromatic rings. The van der Waals surface area contributed by atoms with Gasteiger partial charge in [-0.3, -0.25) is 9.89 Å². The number of aromatic nitrogens is 2. The molecule has 2 unspecified atom stereocenters. The summed E-state index contributed by atoms with van der Waals surface area (Å²) in [6.07, 6.45) is 4.05. The van der Waals surface area contributed by atoms with E-state index in [0.29, 0.717) is 12.2 Å². The van der Waals surface area contributed by atoms with E-state index in [-0.39, 0.29) is 17.2 Å². The van der Waals surface area contributed by atoms with Gasteiger partial charge >= 0.3 is 0 Å². The second-order valence-electron chi connectivity index (χ2n) is 5.22. The first-order chi connectivity index (χ1) is 8.14. The van der Waals surface area contributed by atoms with Crippen molar-refractivity contribution >= 4 is 18.0 Å². The molecular formula is C12H15N3O2. The number of hydrogen-bond donors (Lipinski definition) is 2. The van der Waals surface area contributed by atoms with Crippen LogP contribution in [0.25, 0.3) is 0 Å². The number of carbonyl (C=O) groups excluding carboxylic acids is 2. The van der Waals surface area contributed by atoms with E-state index in [1.54, 1.807) is 0 Å². The van der Waals surface area contributed by atoms with Crippen LogP contribution in [0.1, 0.15) is 36.9 Å². The van der Waals surface area contributed by atoms with Crippen molar-refractivity contribution in [3.8, 4) is 0 Å². The van der Waals surface area contributed by atoms with Crippen LogP contribution in [0.5, 0.6) is 0 Å². The molecule has 1 aliphatic carbocycles. The molecule has 0 bridgehead atoms. The minimum absolute atomic E-state index is 0.00977. The van der Waals surface area contributed by atoms with E-state index < -0.39 is 0 Å². The van der Waals surface area contributed by atoms with Crippen molar-refractivity contribution in [3.05, 3.63) is 11.3 Å². The van der Waals surface area contributed by atoms with Gasteiger partial charge in [0.2, 0.25) is 5.91 Å². The minimum atomic E-state index is -0.166. The van der Waals surface area contributed by atoms with Crippen LogP contribution in [0.2, 0.25) is 0 Å². The van der Waals surface area contributed by atoms with E-state index in [2.05, 4.69) is 15.5 Å². The van der Waals surface area contributed by atoms with Crippen molar-refractivity contribution in [1.82, 2.24) is 10.2 Å². The predicted molar refractivity (Wildman–Crippen MR) is 61.7 cm³/mol. The molecule has 3 rings (SSSR count). The molecular weight excluding hydrogens is 218 g/mol. The number of nitrogens with one attached hydrogen (secondary N) is 2. The standard InChI is InChI=1S/C12H15N3O2/c1-7-10-11(15-14-7)13-9(17)5-12(10)3-2-8(4-12)6-16/h6,8H,2-5H2,1H3,(H2,13,14,15,17). The Bertz CT molecular complexity index is 494. The van der Waals surface area contributed by atoms with Crippen LogP contribution in [-0.4, -0.2) is 22.4 Å². The van der Waals surface area contributed by atoms with Crippen molar-refractivity contribution in [2.75, 3.05) is 5.32 Å². The van der Waals surface area contributed by atoms with Gasteiger partial charge in [0.05, 0.1) is 0 Å². The zero-order valence-corrected chi connectivity index (χ0v) is 9.75. The number of fused-ring (bicyclic) bond motifs is 2. The first kappa shape index (κ1) is 10.5. The Labute approximate surface area is 99.0 Å². The highest BCUT2D eigenvalue weighted by molar-refractivity contribution is 5.94. The molecule has 17 heavy (non-hydrogen) atoms. The molecule has 1 amide bonds. The van der Waals surface area contributed by atoms with E-state index in [1.807, 2.05) is 6.92 Å². The first-order valence-electron chi connectivity index (χ1n) is 5.95. The number of H-pyrrole nitrogens is 1. The van der Waals surface area contributed by atoms with Gasteiger partial charge in [-0.25, -0.2) is 0 Å². The number of carbonyl (C=O) groups is 2. The molecule has 0 aromatic carbocycles. The Morgan fingerprint density at radius 2 is 2.35 bits per heavy atom. The normalized spacial score (nSPS) is 31.4. The van der Waals surface area contributed by atoms with Gasteiger partial charge in [0.1, 0.15) is 6.29 Å². The zero-order valence-electron chi connectivity index (χ0n) is 9.75. The summed E-state index contributed by atoms with van der Waals surface area (Å²) < 4.78 is 0. The molecule has 2 N–H and O–H groups in total. The number of amides is 1. The molecule has 0 radical (unpaired) electrons. The Balaban J connectivity index is 2.08. The van der Waals surface area contributed by atoms with E-state index in [1.165, 1.54) is 0 Å². The molecule has 1 aromatic heterocycles. The summed E-state index contributed by atoms with van der Waals surface area (Å²) >= 11 is 0. The van der Waals surface area contributed by atoms with Crippen molar-refractivity contribution < 1.29 is 9.59 Å². The van der Waals surface area contributed by atoms with Crippen LogP contribution in [0, 0.1) is 12.8 Å². The quantitative estimate of drug-likeness (QED) is 0.718. The molecule has 90 valence electrons. The summed E-state index contributed by atoms with van der Waals surface area (Å²) in [5.74, 6) is 0.754. The van der Waals surface area contributed by atoms with Crippen LogP contribution in [-0.2, 0) is 15.0 Å². The van der Waals surface area contributed by atoms with E-state index in [0.717, 1.165) is 36.8 Å². The molecule has 5 nitrogen and oxygen atoms in total. The Morgan fingerprint density at radius 3 is 3.06 bits per heavy atom. The Hall–Kier alpha value is -1.65. The largest absolute Gasteiger partial charge is 0.309 e. The molecule has 1 aliphatic heterocycles. The fourth-order valence-electron chi connectivity index (χ4n) is 3.41. The summed E-state index contributed by atoms with van der Waals surface area (Å²) in [6.45, 7) is 1.97. The highest BCUT2D eigenvalue weighted by atomic mass is 16.1. The van der Waals surface area contributed by atoms with Crippen LogP contribution < -0.4 is 5.32 Å². The van der Waals surface area contributed by atoms with Gasteiger partial charge in [-0.05, 0) is 26.2 Å². The monoisotopic (exact) mass is 233 g/mol. The van der Waals surface area contributed by atoms with Gasteiger partial charge in [0, 0.05) is 29.0 Å². The van der Waals surface area contributed by atoms with Gasteiger partial charge in [0.15, 0.2) is 5.82 Å². The third kappa shape index (κ3) is 1.41. The summed E-state index contributed by atoms with van der Waals surface area (Å²) in [5, 5.41) is 9.86. The number of aldehydes is 1. The zero-order chi connectivity index (χ0) is 12.0. The van der Waals surface area contributed by atoms with Crippen molar-refractivity contribution in [3.63, 3.8) is 0 Å². The minimum Gasteiger partial charge on any atom is -0.309 e. The fourth-order valence-corrected chi connectivity index (χ4v) is 3.41. The molecule has 0 saturated heterocycles. The van der Waals surface area contributed by atoms with Gasteiger partial charge in [-0.2, -0.15) is 5.10 Å². The topological polar surface area (TPSA) is 74.8 Å². The lowest BCUT2D eigenvalue weighted by atomic mass is 9.73. The number of anilines is 1. The average Bonchev–Trinajstić information content (AvgIpc) is 2.84. The number of rotatable bonds is 1. The maximum Gasteiger partial charge on any atom is 0.226 e. The third-order valence-corrected chi connectivity index (χ3v) is 4.07. The Kier molecular flexibility index (Phi) is 2.11. The first-order valence-corrected chi connectivity index (χ1v) is 5.95. The summed E-state index contributed by atoms with van der Waals surface area (Å²) in [4.78, 5) is 22.7.